The summed E-state index contributed by atoms with van der Waals surface area (Å²) in [6.45, 7) is 0. The van der Waals surface area contributed by atoms with Crippen LogP contribution in [0.2, 0.25) is 0 Å². The third-order valence-electron chi connectivity index (χ3n) is 4.19. The molecule has 1 aromatic heterocycles. The average Bonchev–Trinajstić information content (AvgIpc) is 3.08. The SMILES string of the molecule is O=Cc1ccc(-c2cc3cccc(Cc4ccccc4)c3o2)cc1. The summed E-state index contributed by atoms with van der Waals surface area (Å²) < 4.78 is 6.14. The molecule has 0 N–H and O–H groups in total. The first kappa shape index (κ1) is 14.5. The zero-order valence-corrected chi connectivity index (χ0v) is 13.1. The van der Waals surface area contributed by atoms with Gasteiger partial charge in [0.1, 0.15) is 17.6 Å². The maximum absolute atomic E-state index is 10.8. The number of rotatable bonds is 4. The van der Waals surface area contributed by atoms with Gasteiger partial charge in [-0.3, -0.25) is 4.79 Å². The van der Waals surface area contributed by atoms with Gasteiger partial charge in [-0.25, -0.2) is 0 Å². The molecule has 1 heterocycles. The molecule has 0 aliphatic rings. The number of fused-ring (bicyclic) bond motifs is 1. The zero-order chi connectivity index (χ0) is 16.4. The van der Waals surface area contributed by atoms with E-state index in [2.05, 4.69) is 48.5 Å². The van der Waals surface area contributed by atoms with Gasteiger partial charge in [-0.15, -0.1) is 0 Å². The summed E-state index contributed by atoms with van der Waals surface area (Å²) in [5.41, 5.74) is 5.01. The fraction of sp³-hybridized carbons (Fsp3) is 0.0455. The van der Waals surface area contributed by atoms with Crippen LogP contribution in [0.3, 0.4) is 0 Å². The van der Waals surface area contributed by atoms with E-state index in [-0.39, 0.29) is 0 Å². The first-order chi connectivity index (χ1) is 11.8. The molecule has 4 aromatic rings. The smallest absolute Gasteiger partial charge is 0.150 e. The molecule has 24 heavy (non-hydrogen) atoms. The first-order valence-electron chi connectivity index (χ1n) is 7.94. The van der Waals surface area contributed by atoms with Crippen molar-refractivity contribution >= 4 is 17.3 Å². The highest BCUT2D eigenvalue weighted by atomic mass is 16.3. The summed E-state index contributed by atoms with van der Waals surface area (Å²) in [4.78, 5) is 10.8. The van der Waals surface area contributed by atoms with Crippen LogP contribution in [-0.2, 0) is 6.42 Å². The van der Waals surface area contributed by atoms with Crippen molar-refractivity contribution in [3.05, 3.63) is 95.6 Å². The molecule has 3 aromatic carbocycles. The number of para-hydroxylation sites is 1. The van der Waals surface area contributed by atoms with Crippen molar-refractivity contribution in [2.45, 2.75) is 6.42 Å². The Morgan fingerprint density at radius 3 is 2.38 bits per heavy atom. The minimum atomic E-state index is 0.666. The van der Waals surface area contributed by atoms with Crippen LogP contribution in [0.25, 0.3) is 22.3 Å². The van der Waals surface area contributed by atoms with Gasteiger partial charge < -0.3 is 4.42 Å². The Balaban J connectivity index is 1.74. The predicted molar refractivity (Wildman–Crippen MR) is 96.3 cm³/mol. The highest BCUT2D eigenvalue weighted by Crippen LogP contribution is 2.31. The van der Waals surface area contributed by atoms with Crippen molar-refractivity contribution in [1.82, 2.24) is 0 Å². The second kappa shape index (κ2) is 6.17. The molecule has 0 fully saturated rings. The van der Waals surface area contributed by atoms with E-state index >= 15 is 0 Å². The Hall–Kier alpha value is -3.13. The van der Waals surface area contributed by atoms with Gasteiger partial charge in [-0.05, 0) is 17.2 Å². The highest BCUT2D eigenvalue weighted by molar-refractivity contribution is 5.86. The molecule has 0 spiro atoms. The molecule has 2 heteroatoms. The molecule has 0 radical (unpaired) electrons. The monoisotopic (exact) mass is 312 g/mol. The normalized spacial score (nSPS) is 10.8. The third-order valence-corrected chi connectivity index (χ3v) is 4.19. The number of benzene rings is 3. The highest BCUT2D eigenvalue weighted by Gasteiger charge is 2.10. The molecule has 2 nitrogen and oxygen atoms in total. The molecule has 0 saturated carbocycles. The molecule has 0 aliphatic heterocycles. The largest absolute Gasteiger partial charge is 0.456 e. The minimum Gasteiger partial charge on any atom is -0.456 e. The van der Waals surface area contributed by atoms with Crippen LogP contribution in [-0.4, -0.2) is 6.29 Å². The van der Waals surface area contributed by atoms with E-state index in [9.17, 15) is 4.79 Å². The molecule has 4 rings (SSSR count). The topological polar surface area (TPSA) is 30.2 Å². The minimum absolute atomic E-state index is 0.666. The maximum Gasteiger partial charge on any atom is 0.150 e. The van der Waals surface area contributed by atoms with Crippen LogP contribution >= 0.6 is 0 Å². The summed E-state index contributed by atoms with van der Waals surface area (Å²) in [6, 6.07) is 26.1. The maximum atomic E-state index is 10.8. The molecule has 0 saturated heterocycles. The number of furan rings is 1. The third kappa shape index (κ3) is 2.74. The number of hydrogen-bond donors (Lipinski definition) is 0. The molecular weight excluding hydrogens is 296 g/mol. The lowest BCUT2D eigenvalue weighted by Crippen LogP contribution is -1.87. The van der Waals surface area contributed by atoms with Crippen molar-refractivity contribution in [3.8, 4) is 11.3 Å². The Morgan fingerprint density at radius 2 is 1.62 bits per heavy atom. The molecule has 0 unspecified atom stereocenters. The Morgan fingerprint density at radius 1 is 0.833 bits per heavy atom. The Bertz CT molecular complexity index is 980. The average molecular weight is 312 g/mol. The van der Waals surface area contributed by atoms with Crippen LogP contribution in [0.4, 0.5) is 0 Å². The molecule has 0 atom stereocenters. The predicted octanol–water partition coefficient (Wildman–Crippen LogP) is 5.50. The van der Waals surface area contributed by atoms with E-state index in [0.717, 1.165) is 35.0 Å². The van der Waals surface area contributed by atoms with Crippen LogP contribution in [0.1, 0.15) is 21.5 Å². The van der Waals surface area contributed by atoms with Gasteiger partial charge in [0.25, 0.3) is 0 Å². The summed E-state index contributed by atoms with van der Waals surface area (Å²) in [5.74, 6) is 0.822. The van der Waals surface area contributed by atoms with Crippen LogP contribution < -0.4 is 0 Å². The lowest BCUT2D eigenvalue weighted by molar-refractivity contribution is 0.112. The van der Waals surface area contributed by atoms with E-state index in [4.69, 9.17) is 4.42 Å². The van der Waals surface area contributed by atoms with Gasteiger partial charge in [0.2, 0.25) is 0 Å². The van der Waals surface area contributed by atoms with E-state index in [1.54, 1.807) is 12.1 Å². The Labute approximate surface area is 140 Å². The summed E-state index contributed by atoms with van der Waals surface area (Å²) >= 11 is 0. The van der Waals surface area contributed by atoms with Crippen LogP contribution in [0.15, 0.2) is 83.3 Å². The van der Waals surface area contributed by atoms with Gasteiger partial charge in [-0.1, -0.05) is 72.8 Å². The van der Waals surface area contributed by atoms with Crippen molar-refractivity contribution in [1.29, 1.82) is 0 Å². The summed E-state index contributed by atoms with van der Waals surface area (Å²) in [7, 11) is 0. The number of carbonyl (C=O) groups excluding carboxylic acids is 1. The fourth-order valence-corrected chi connectivity index (χ4v) is 2.95. The first-order valence-corrected chi connectivity index (χ1v) is 7.94. The van der Waals surface area contributed by atoms with E-state index in [1.165, 1.54) is 11.1 Å². The second-order valence-electron chi connectivity index (χ2n) is 5.85. The quantitative estimate of drug-likeness (QED) is 0.466. The summed E-state index contributed by atoms with van der Waals surface area (Å²) in [6.07, 6.45) is 1.69. The van der Waals surface area contributed by atoms with Gasteiger partial charge in [0.05, 0.1) is 0 Å². The molecule has 0 aliphatic carbocycles. The van der Waals surface area contributed by atoms with Gasteiger partial charge in [0.15, 0.2) is 0 Å². The lowest BCUT2D eigenvalue weighted by atomic mass is 10.0. The molecule has 0 amide bonds. The van der Waals surface area contributed by atoms with Crippen molar-refractivity contribution in [3.63, 3.8) is 0 Å². The standard InChI is InChI=1S/C22H16O2/c23-15-17-9-11-18(12-10-17)21-14-20-8-4-7-19(22(20)24-21)13-16-5-2-1-3-6-16/h1-12,14-15H,13H2. The fourth-order valence-electron chi connectivity index (χ4n) is 2.95. The van der Waals surface area contributed by atoms with Gasteiger partial charge in [-0.2, -0.15) is 0 Å². The van der Waals surface area contributed by atoms with E-state index in [0.29, 0.717) is 5.56 Å². The van der Waals surface area contributed by atoms with Gasteiger partial charge in [0, 0.05) is 22.9 Å². The second-order valence-corrected chi connectivity index (χ2v) is 5.85. The van der Waals surface area contributed by atoms with Crippen LogP contribution in [0.5, 0.6) is 0 Å². The van der Waals surface area contributed by atoms with Crippen molar-refractivity contribution < 1.29 is 9.21 Å². The van der Waals surface area contributed by atoms with E-state index in [1.807, 2.05) is 18.2 Å². The lowest BCUT2D eigenvalue weighted by Gasteiger charge is -2.02. The van der Waals surface area contributed by atoms with E-state index < -0.39 is 0 Å². The Kier molecular flexibility index (Phi) is 3.72. The summed E-state index contributed by atoms with van der Waals surface area (Å²) in [5, 5.41) is 1.10. The molecular formula is C22H16O2. The van der Waals surface area contributed by atoms with Crippen molar-refractivity contribution in [2.75, 3.05) is 0 Å². The van der Waals surface area contributed by atoms with Gasteiger partial charge >= 0.3 is 0 Å². The molecule has 116 valence electrons. The zero-order valence-electron chi connectivity index (χ0n) is 13.1. The number of hydrogen-bond acceptors (Lipinski definition) is 2. The van der Waals surface area contributed by atoms with Crippen LogP contribution in [0, 0.1) is 0 Å². The number of carbonyl (C=O) groups is 1. The number of aldehydes is 1. The van der Waals surface area contributed by atoms with Crippen molar-refractivity contribution in [2.24, 2.45) is 0 Å². The molecule has 0 bridgehead atoms.